The lowest BCUT2D eigenvalue weighted by atomic mass is 9.44. The Labute approximate surface area is 143 Å². The maximum absolute atomic E-state index is 12.3. The molecule has 130 valence electrons. The molecule has 0 aliphatic heterocycles. The highest BCUT2D eigenvalue weighted by atomic mass is 16.1. The zero-order valence-corrected chi connectivity index (χ0v) is 15.5. The summed E-state index contributed by atoms with van der Waals surface area (Å²) in [6.45, 7) is 6.83. The monoisotopic (exact) mass is 316 g/mol. The summed E-state index contributed by atoms with van der Waals surface area (Å²) in [7, 11) is 0. The second-order valence-corrected chi connectivity index (χ2v) is 9.99. The van der Waals surface area contributed by atoms with Gasteiger partial charge in [0.05, 0.1) is 0 Å². The molecule has 4 fully saturated rings. The topological polar surface area (TPSA) is 17.1 Å². The molecule has 0 bridgehead atoms. The van der Waals surface area contributed by atoms with E-state index in [1.54, 1.807) is 0 Å². The van der Waals surface area contributed by atoms with Crippen molar-refractivity contribution in [3.05, 3.63) is 0 Å². The third kappa shape index (κ3) is 2.52. The van der Waals surface area contributed by atoms with Crippen molar-refractivity contribution >= 4 is 5.78 Å². The Morgan fingerprint density at radius 2 is 1.70 bits per heavy atom. The predicted molar refractivity (Wildman–Crippen MR) is 95.1 cm³/mol. The first-order valence-electron chi connectivity index (χ1n) is 10.5. The zero-order valence-electron chi connectivity index (χ0n) is 15.5. The first-order valence-corrected chi connectivity index (χ1v) is 10.5. The van der Waals surface area contributed by atoms with E-state index in [1.165, 1.54) is 64.2 Å². The molecule has 0 aromatic carbocycles. The maximum atomic E-state index is 12.3. The van der Waals surface area contributed by atoms with Gasteiger partial charge in [0.15, 0.2) is 0 Å². The highest BCUT2D eigenvalue weighted by Crippen LogP contribution is 2.63. The van der Waals surface area contributed by atoms with Gasteiger partial charge in [-0.1, -0.05) is 26.7 Å². The lowest BCUT2D eigenvalue weighted by Crippen LogP contribution is -2.53. The molecule has 0 heterocycles. The van der Waals surface area contributed by atoms with Crippen LogP contribution in [0, 0.1) is 46.8 Å². The highest BCUT2D eigenvalue weighted by molar-refractivity contribution is 5.79. The first-order chi connectivity index (χ1) is 11.0. The number of Topliss-reactive ketones (excluding diaryl/α,β-unsaturated/α-hetero) is 1. The van der Waals surface area contributed by atoms with Crippen molar-refractivity contribution in [2.24, 2.45) is 46.8 Å². The molecule has 4 aliphatic carbocycles. The minimum absolute atomic E-state index is 0.333. The van der Waals surface area contributed by atoms with Crippen LogP contribution in [0.15, 0.2) is 0 Å². The van der Waals surface area contributed by atoms with Gasteiger partial charge in [-0.25, -0.2) is 0 Å². The van der Waals surface area contributed by atoms with Crippen molar-refractivity contribution in [3.63, 3.8) is 0 Å². The number of carbonyl (C=O) groups is 1. The predicted octanol–water partition coefficient (Wildman–Crippen LogP) is 5.87. The van der Waals surface area contributed by atoms with E-state index in [9.17, 15) is 4.79 Å². The Balaban J connectivity index is 1.58. The van der Waals surface area contributed by atoms with Crippen LogP contribution in [0.5, 0.6) is 0 Å². The lowest BCUT2D eigenvalue weighted by molar-refractivity contribution is -0.142. The summed E-state index contributed by atoms with van der Waals surface area (Å²) in [5, 5.41) is 0. The number of rotatable bonds is 1. The van der Waals surface area contributed by atoms with E-state index in [0.29, 0.717) is 17.1 Å². The summed E-state index contributed by atoms with van der Waals surface area (Å²) in [5.41, 5.74) is 0.333. The van der Waals surface area contributed by atoms with Gasteiger partial charge in [0.2, 0.25) is 0 Å². The summed E-state index contributed by atoms with van der Waals surface area (Å²) in [6, 6.07) is 0. The van der Waals surface area contributed by atoms with Gasteiger partial charge in [0, 0.05) is 5.92 Å². The number of hydrogen-bond donors (Lipinski definition) is 0. The third-order valence-electron chi connectivity index (χ3n) is 8.95. The minimum atomic E-state index is 0.333. The molecule has 0 N–H and O–H groups in total. The summed E-state index contributed by atoms with van der Waals surface area (Å²) < 4.78 is 0. The summed E-state index contributed by atoms with van der Waals surface area (Å²) in [4.78, 5) is 12.3. The molecule has 8 atom stereocenters. The fourth-order valence-electron chi connectivity index (χ4n) is 7.95. The molecule has 4 saturated carbocycles. The van der Waals surface area contributed by atoms with E-state index in [4.69, 9.17) is 0 Å². The normalized spacial score (nSPS) is 52.9. The molecule has 1 heteroatoms. The number of carbonyl (C=O) groups excluding carboxylic acids is 1. The van der Waals surface area contributed by atoms with E-state index in [2.05, 4.69) is 13.8 Å². The minimum Gasteiger partial charge on any atom is -0.300 e. The number of ketones is 1. The summed E-state index contributed by atoms with van der Waals surface area (Å²) >= 11 is 0. The van der Waals surface area contributed by atoms with Gasteiger partial charge < -0.3 is 0 Å². The smallest absolute Gasteiger partial charge is 0.133 e. The molecule has 0 saturated heterocycles. The molecule has 0 aromatic rings. The zero-order chi connectivity index (χ0) is 16.2. The van der Waals surface area contributed by atoms with Crippen molar-refractivity contribution < 1.29 is 4.79 Å². The van der Waals surface area contributed by atoms with Crippen molar-refractivity contribution in [2.75, 3.05) is 0 Å². The second-order valence-electron chi connectivity index (χ2n) is 9.99. The van der Waals surface area contributed by atoms with Crippen molar-refractivity contribution in [1.82, 2.24) is 0 Å². The van der Waals surface area contributed by atoms with Crippen LogP contribution in [0.25, 0.3) is 0 Å². The summed E-state index contributed by atoms with van der Waals surface area (Å²) in [6.07, 6.45) is 14.1. The molecular formula is C22H36O. The Morgan fingerprint density at radius 3 is 2.48 bits per heavy atom. The van der Waals surface area contributed by atoms with E-state index >= 15 is 0 Å². The van der Waals surface area contributed by atoms with Crippen LogP contribution in [0.4, 0.5) is 0 Å². The molecule has 8 unspecified atom stereocenters. The standard InChI is InChI=1S/C22H36O/c1-14-7-9-17-16(13-14)8-10-19-18(17)11-12-22(3)20(15(2)23)5-4-6-21(19)22/h14,16-21H,4-13H2,1-3H3. The SMILES string of the molecule is CC(=O)C1CCCC2C3CCC4CC(C)CCC4C3CCC12C. The Bertz CT molecular complexity index is 469. The van der Waals surface area contributed by atoms with Crippen LogP contribution in [-0.2, 0) is 4.79 Å². The van der Waals surface area contributed by atoms with Crippen LogP contribution < -0.4 is 0 Å². The summed E-state index contributed by atoms with van der Waals surface area (Å²) in [5.74, 6) is 6.70. The third-order valence-corrected chi connectivity index (χ3v) is 8.95. The quantitative estimate of drug-likeness (QED) is 0.591. The Kier molecular flexibility index (Phi) is 4.13. The molecule has 1 nitrogen and oxygen atoms in total. The number of fused-ring (bicyclic) bond motifs is 5. The molecule has 0 amide bonds. The fourth-order valence-corrected chi connectivity index (χ4v) is 7.95. The highest BCUT2D eigenvalue weighted by Gasteiger charge is 2.56. The Morgan fingerprint density at radius 1 is 0.913 bits per heavy atom. The maximum Gasteiger partial charge on any atom is 0.133 e. The van der Waals surface area contributed by atoms with Gasteiger partial charge in [0.25, 0.3) is 0 Å². The van der Waals surface area contributed by atoms with Gasteiger partial charge in [-0.2, -0.15) is 0 Å². The van der Waals surface area contributed by atoms with Crippen LogP contribution in [0.2, 0.25) is 0 Å². The van der Waals surface area contributed by atoms with Crippen LogP contribution >= 0.6 is 0 Å². The molecule has 4 aliphatic rings. The van der Waals surface area contributed by atoms with E-state index in [-0.39, 0.29) is 0 Å². The van der Waals surface area contributed by atoms with Crippen molar-refractivity contribution in [1.29, 1.82) is 0 Å². The van der Waals surface area contributed by atoms with Gasteiger partial charge in [-0.3, -0.25) is 4.79 Å². The van der Waals surface area contributed by atoms with Crippen LogP contribution in [0.3, 0.4) is 0 Å². The van der Waals surface area contributed by atoms with E-state index in [0.717, 1.165) is 35.5 Å². The fraction of sp³-hybridized carbons (Fsp3) is 0.955. The van der Waals surface area contributed by atoms with Gasteiger partial charge in [-0.05, 0) is 99.2 Å². The Hall–Kier alpha value is -0.330. The van der Waals surface area contributed by atoms with Crippen molar-refractivity contribution in [3.8, 4) is 0 Å². The molecule has 4 rings (SSSR count). The average molecular weight is 317 g/mol. The molecule has 23 heavy (non-hydrogen) atoms. The average Bonchev–Trinajstić information content (AvgIpc) is 2.52. The largest absolute Gasteiger partial charge is 0.300 e. The van der Waals surface area contributed by atoms with E-state index in [1.807, 2.05) is 6.92 Å². The molecule has 0 aromatic heterocycles. The molecule has 0 spiro atoms. The van der Waals surface area contributed by atoms with Crippen LogP contribution in [-0.4, -0.2) is 5.78 Å². The van der Waals surface area contributed by atoms with Crippen LogP contribution in [0.1, 0.15) is 85.0 Å². The van der Waals surface area contributed by atoms with Gasteiger partial charge >= 0.3 is 0 Å². The second kappa shape index (κ2) is 5.88. The van der Waals surface area contributed by atoms with E-state index < -0.39 is 0 Å². The molecule has 0 radical (unpaired) electrons. The van der Waals surface area contributed by atoms with Gasteiger partial charge in [-0.15, -0.1) is 0 Å². The lowest BCUT2D eigenvalue weighted by Gasteiger charge is -2.60. The molecular weight excluding hydrogens is 280 g/mol. The number of hydrogen-bond acceptors (Lipinski definition) is 1. The first kappa shape index (κ1) is 16.2. The van der Waals surface area contributed by atoms with Crippen molar-refractivity contribution in [2.45, 2.75) is 85.0 Å². The van der Waals surface area contributed by atoms with Gasteiger partial charge in [0.1, 0.15) is 5.78 Å².